The van der Waals surface area contributed by atoms with Crippen LogP contribution in [0.15, 0.2) is 54.6 Å². The molecule has 3 aromatic rings. The number of halogens is 1. The van der Waals surface area contributed by atoms with Crippen molar-refractivity contribution in [1.82, 2.24) is 5.32 Å². The van der Waals surface area contributed by atoms with Crippen molar-refractivity contribution in [3.63, 3.8) is 0 Å². The molecule has 6 heteroatoms. The fraction of sp³-hybridized carbons (Fsp3) is 0.250. The number of rotatable bonds is 8. The van der Waals surface area contributed by atoms with Crippen molar-refractivity contribution in [2.24, 2.45) is 0 Å². The molecule has 30 heavy (non-hydrogen) atoms. The maximum Gasteiger partial charge on any atom is 0.231 e. The number of ether oxygens (including phenoxy) is 4. The normalized spacial score (nSPS) is 12.1. The topological polar surface area (TPSA) is 49.0 Å². The first-order valence-electron chi connectivity index (χ1n) is 9.76. The predicted octanol–water partition coefficient (Wildman–Crippen LogP) is 5.25. The van der Waals surface area contributed by atoms with Gasteiger partial charge >= 0.3 is 0 Å². The molecule has 0 fully saturated rings. The summed E-state index contributed by atoms with van der Waals surface area (Å²) in [4.78, 5) is 0. The Bertz CT molecular complexity index is 1020. The highest BCUT2D eigenvalue weighted by molar-refractivity contribution is 6.32. The molecule has 0 atom stereocenters. The van der Waals surface area contributed by atoms with E-state index >= 15 is 0 Å². The first-order valence-corrected chi connectivity index (χ1v) is 10.1. The predicted molar refractivity (Wildman–Crippen MR) is 117 cm³/mol. The maximum atomic E-state index is 6.50. The van der Waals surface area contributed by atoms with Gasteiger partial charge in [0.05, 0.1) is 12.1 Å². The highest BCUT2D eigenvalue weighted by atomic mass is 35.5. The van der Waals surface area contributed by atoms with Crippen molar-refractivity contribution < 1.29 is 18.9 Å². The van der Waals surface area contributed by atoms with Gasteiger partial charge in [-0.25, -0.2) is 0 Å². The van der Waals surface area contributed by atoms with Gasteiger partial charge in [0.1, 0.15) is 6.61 Å². The zero-order valence-corrected chi connectivity index (χ0v) is 17.8. The zero-order valence-electron chi connectivity index (χ0n) is 17.0. The Hall–Kier alpha value is -2.89. The molecule has 1 N–H and O–H groups in total. The fourth-order valence-electron chi connectivity index (χ4n) is 3.26. The van der Waals surface area contributed by atoms with Gasteiger partial charge in [0.2, 0.25) is 6.79 Å². The van der Waals surface area contributed by atoms with Crippen LogP contribution >= 0.6 is 11.6 Å². The minimum absolute atomic E-state index is 0.281. The summed E-state index contributed by atoms with van der Waals surface area (Å²) in [6.07, 6.45) is 0. The van der Waals surface area contributed by atoms with E-state index in [-0.39, 0.29) is 6.79 Å². The van der Waals surface area contributed by atoms with E-state index < -0.39 is 0 Å². The number of methoxy groups -OCH3 is 1. The summed E-state index contributed by atoms with van der Waals surface area (Å²) in [7, 11) is 1.62. The lowest BCUT2D eigenvalue weighted by Gasteiger charge is -2.15. The van der Waals surface area contributed by atoms with E-state index in [0.29, 0.717) is 36.2 Å². The quantitative estimate of drug-likeness (QED) is 0.533. The molecule has 4 rings (SSSR count). The standard InChI is InChI=1S/C24H24ClNO4/c1-16-3-5-17(6-4-16)14-28-24-20(25)9-19(11-23(24)27-2)13-26-12-18-7-8-21-22(10-18)30-15-29-21/h3-11,26H,12-15H2,1-2H3. The molecule has 0 unspecified atom stereocenters. The van der Waals surface area contributed by atoms with Gasteiger partial charge in [0.15, 0.2) is 23.0 Å². The molecule has 3 aromatic carbocycles. The third kappa shape index (κ3) is 4.81. The molecule has 1 heterocycles. The van der Waals surface area contributed by atoms with Gasteiger partial charge in [-0.1, -0.05) is 47.5 Å². The van der Waals surface area contributed by atoms with Crippen molar-refractivity contribution in [3.05, 3.63) is 81.9 Å². The number of fused-ring (bicyclic) bond motifs is 1. The largest absolute Gasteiger partial charge is 0.493 e. The number of nitrogens with one attached hydrogen (secondary N) is 1. The van der Waals surface area contributed by atoms with Crippen LogP contribution in [0, 0.1) is 6.92 Å². The smallest absolute Gasteiger partial charge is 0.231 e. The second-order valence-corrected chi connectivity index (χ2v) is 7.58. The summed E-state index contributed by atoms with van der Waals surface area (Å²) in [5, 5.41) is 3.95. The lowest BCUT2D eigenvalue weighted by atomic mass is 10.1. The molecular formula is C24H24ClNO4. The molecule has 156 valence electrons. The van der Waals surface area contributed by atoms with Gasteiger partial charge in [-0.15, -0.1) is 0 Å². The number of hydrogen-bond donors (Lipinski definition) is 1. The second-order valence-electron chi connectivity index (χ2n) is 7.17. The van der Waals surface area contributed by atoms with Gasteiger partial charge in [-0.2, -0.15) is 0 Å². The summed E-state index contributed by atoms with van der Waals surface area (Å²) in [5.74, 6) is 2.75. The molecule has 0 saturated heterocycles. The van der Waals surface area contributed by atoms with Crippen molar-refractivity contribution in [2.45, 2.75) is 26.6 Å². The Morgan fingerprint density at radius 2 is 1.63 bits per heavy atom. The maximum absolute atomic E-state index is 6.50. The Kier molecular flexibility index (Phi) is 6.31. The van der Waals surface area contributed by atoms with Crippen LogP contribution in [0.4, 0.5) is 0 Å². The van der Waals surface area contributed by atoms with Crippen LogP contribution in [0.25, 0.3) is 0 Å². The Morgan fingerprint density at radius 3 is 2.43 bits per heavy atom. The Morgan fingerprint density at radius 1 is 0.900 bits per heavy atom. The summed E-state index contributed by atoms with van der Waals surface area (Å²) in [5.41, 5.74) is 4.43. The summed E-state index contributed by atoms with van der Waals surface area (Å²) in [6, 6.07) is 18.0. The third-order valence-electron chi connectivity index (χ3n) is 4.89. The molecule has 1 aliphatic rings. The Balaban J connectivity index is 1.38. The average molecular weight is 426 g/mol. The first kappa shape index (κ1) is 20.4. The van der Waals surface area contributed by atoms with Gasteiger partial charge in [0.25, 0.3) is 0 Å². The van der Waals surface area contributed by atoms with Gasteiger partial charge in [-0.3, -0.25) is 0 Å². The Labute approximate surface area is 181 Å². The monoisotopic (exact) mass is 425 g/mol. The van der Waals surface area contributed by atoms with Gasteiger partial charge in [0, 0.05) is 13.1 Å². The third-order valence-corrected chi connectivity index (χ3v) is 5.17. The van der Waals surface area contributed by atoms with E-state index in [0.717, 1.165) is 28.2 Å². The van der Waals surface area contributed by atoms with Crippen molar-refractivity contribution >= 4 is 11.6 Å². The van der Waals surface area contributed by atoms with Crippen LogP contribution in [0.5, 0.6) is 23.0 Å². The fourth-order valence-corrected chi connectivity index (χ4v) is 3.55. The minimum Gasteiger partial charge on any atom is -0.493 e. The van der Waals surface area contributed by atoms with Gasteiger partial charge in [-0.05, 0) is 47.9 Å². The van der Waals surface area contributed by atoms with E-state index in [1.807, 2.05) is 42.5 Å². The SMILES string of the molecule is COc1cc(CNCc2ccc3c(c2)OCO3)cc(Cl)c1OCc1ccc(C)cc1. The summed E-state index contributed by atoms with van der Waals surface area (Å²) in [6.45, 7) is 4.11. The van der Waals surface area contributed by atoms with Crippen LogP contribution in [0.1, 0.15) is 22.3 Å². The van der Waals surface area contributed by atoms with E-state index in [1.54, 1.807) is 7.11 Å². The number of benzene rings is 3. The molecule has 0 aromatic heterocycles. The van der Waals surface area contributed by atoms with Crippen molar-refractivity contribution in [2.75, 3.05) is 13.9 Å². The molecule has 5 nitrogen and oxygen atoms in total. The van der Waals surface area contributed by atoms with E-state index in [9.17, 15) is 0 Å². The summed E-state index contributed by atoms with van der Waals surface area (Å²) < 4.78 is 22.2. The molecule has 0 amide bonds. The van der Waals surface area contributed by atoms with Gasteiger partial charge < -0.3 is 24.3 Å². The highest BCUT2D eigenvalue weighted by Gasteiger charge is 2.14. The molecule has 0 saturated carbocycles. The van der Waals surface area contributed by atoms with Crippen LogP contribution in [-0.2, 0) is 19.7 Å². The molecule has 0 aliphatic carbocycles. The zero-order chi connectivity index (χ0) is 20.9. The van der Waals surface area contributed by atoms with Crippen LogP contribution in [0.2, 0.25) is 5.02 Å². The molecule has 1 aliphatic heterocycles. The van der Waals surface area contributed by atoms with Crippen molar-refractivity contribution in [3.8, 4) is 23.0 Å². The lowest BCUT2D eigenvalue weighted by molar-refractivity contribution is 0.174. The number of hydrogen-bond acceptors (Lipinski definition) is 5. The number of aryl methyl sites for hydroxylation is 1. The van der Waals surface area contributed by atoms with E-state index in [2.05, 4.69) is 24.4 Å². The highest BCUT2D eigenvalue weighted by Crippen LogP contribution is 2.37. The minimum atomic E-state index is 0.281. The average Bonchev–Trinajstić information content (AvgIpc) is 3.22. The first-order chi connectivity index (χ1) is 14.6. The van der Waals surface area contributed by atoms with Crippen molar-refractivity contribution in [1.29, 1.82) is 0 Å². The van der Waals surface area contributed by atoms with Crippen LogP contribution in [-0.4, -0.2) is 13.9 Å². The molecular weight excluding hydrogens is 402 g/mol. The molecule has 0 spiro atoms. The lowest BCUT2D eigenvalue weighted by Crippen LogP contribution is -2.13. The van der Waals surface area contributed by atoms with E-state index in [1.165, 1.54) is 5.56 Å². The van der Waals surface area contributed by atoms with Crippen LogP contribution in [0.3, 0.4) is 0 Å². The molecule has 0 bridgehead atoms. The molecule has 0 radical (unpaired) electrons. The summed E-state index contributed by atoms with van der Waals surface area (Å²) >= 11 is 6.50. The van der Waals surface area contributed by atoms with Crippen LogP contribution < -0.4 is 24.3 Å². The second kappa shape index (κ2) is 9.28. The van der Waals surface area contributed by atoms with E-state index in [4.69, 9.17) is 30.5 Å².